The minimum atomic E-state index is -1.94. The van der Waals surface area contributed by atoms with Gasteiger partial charge in [-0.3, -0.25) is 4.79 Å². The number of thioether (sulfide) groups is 1. The lowest BCUT2D eigenvalue weighted by Gasteiger charge is -2.40. The molecule has 0 aromatic rings. The monoisotopic (exact) mass is 626 g/mol. The first-order chi connectivity index (χ1) is 18.7. The summed E-state index contributed by atoms with van der Waals surface area (Å²) in [6, 6.07) is 0. The smallest absolute Gasteiger partial charge is 0.303 e. The van der Waals surface area contributed by atoms with Gasteiger partial charge < -0.3 is 14.0 Å². The van der Waals surface area contributed by atoms with Crippen molar-refractivity contribution in [1.82, 2.24) is 0 Å². The van der Waals surface area contributed by atoms with Gasteiger partial charge in [0.05, 0.1) is 12.2 Å². The average Bonchev–Trinajstić information content (AvgIpc) is 3.09. The van der Waals surface area contributed by atoms with Crippen molar-refractivity contribution >= 4 is 34.4 Å². The molecule has 0 amide bonds. The van der Waals surface area contributed by atoms with Gasteiger partial charge in [0.15, 0.2) is 16.6 Å². The highest BCUT2D eigenvalue weighted by molar-refractivity contribution is 8.03. The average molecular weight is 627 g/mol. The number of carbonyl (C=O) groups is 1. The quantitative estimate of drug-likeness (QED) is 0.0931. The lowest BCUT2D eigenvalue weighted by Crippen LogP contribution is -2.45. The van der Waals surface area contributed by atoms with Crippen LogP contribution in [-0.4, -0.2) is 45.7 Å². The second-order valence-electron chi connectivity index (χ2n) is 15.6. The molecule has 0 heterocycles. The maximum absolute atomic E-state index is 10.9. The van der Waals surface area contributed by atoms with Crippen LogP contribution in [0.4, 0.5) is 0 Å². The zero-order valence-corrected chi connectivity index (χ0v) is 31.9. The van der Waals surface area contributed by atoms with Crippen molar-refractivity contribution in [3.05, 3.63) is 22.6 Å². The van der Waals surface area contributed by atoms with Crippen LogP contribution < -0.4 is 0 Å². The summed E-state index contributed by atoms with van der Waals surface area (Å²) in [6.07, 6.45) is 14.0. The first-order valence-electron chi connectivity index (χ1n) is 16.3. The summed E-state index contributed by atoms with van der Waals surface area (Å²) in [5, 5.41) is 9.30. The third kappa shape index (κ3) is 13.0. The van der Waals surface area contributed by atoms with E-state index in [-0.39, 0.29) is 34.6 Å². The third-order valence-electron chi connectivity index (χ3n) is 9.65. The highest BCUT2D eigenvalue weighted by Gasteiger charge is 2.43. The maximum Gasteiger partial charge on any atom is 0.303 e. The topological polar surface area (TPSA) is 55.8 Å². The first-order valence-corrected chi connectivity index (χ1v) is 23.1. The largest absolute Gasteiger partial charge is 0.481 e. The summed E-state index contributed by atoms with van der Waals surface area (Å²) >= 11 is 1.97. The Balaban J connectivity index is 3.26. The van der Waals surface area contributed by atoms with E-state index < -0.39 is 22.6 Å². The molecule has 0 saturated carbocycles. The summed E-state index contributed by atoms with van der Waals surface area (Å²) in [4.78, 5) is 12.4. The minimum Gasteiger partial charge on any atom is -0.481 e. The van der Waals surface area contributed by atoms with Crippen molar-refractivity contribution in [3.8, 4) is 0 Å². The highest BCUT2D eigenvalue weighted by atomic mass is 32.2. The molecule has 1 rings (SSSR count). The van der Waals surface area contributed by atoms with Gasteiger partial charge in [0.1, 0.15) is 0 Å². The Hall–Kier alpha value is -0.346. The predicted octanol–water partition coefficient (Wildman–Crippen LogP) is 11.2. The van der Waals surface area contributed by atoms with Crippen molar-refractivity contribution in [2.24, 2.45) is 11.8 Å². The molecule has 41 heavy (non-hydrogen) atoms. The molecule has 4 nitrogen and oxygen atoms in total. The molecule has 240 valence electrons. The molecular formula is C34H66O4SSi2. The van der Waals surface area contributed by atoms with Gasteiger partial charge >= 0.3 is 5.97 Å². The molecule has 0 fully saturated rings. The number of hydrogen-bond acceptors (Lipinski definition) is 4. The van der Waals surface area contributed by atoms with Crippen LogP contribution in [0, 0.1) is 11.8 Å². The Kier molecular flexibility index (Phi) is 15.7. The van der Waals surface area contributed by atoms with E-state index in [1.807, 2.05) is 11.8 Å². The Labute approximate surface area is 261 Å². The van der Waals surface area contributed by atoms with Gasteiger partial charge in [-0.2, -0.15) is 0 Å². The molecule has 1 aliphatic carbocycles. The molecule has 0 bridgehead atoms. The zero-order chi connectivity index (χ0) is 31.6. The number of hydrogen-bond donors (Lipinski definition) is 1. The summed E-state index contributed by atoms with van der Waals surface area (Å²) in [7, 11) is -3.87. The van der Waals surface area contributed by atoms with Crippen LogP contribution in [0.2, 0.25) is 36.3 Å². The first kappa shape index (κ1) is 38.7. The standard InChI is InChI=1S/C34H66O4SSi2/c1-14-15-19-26(2)24-28(37-40(10,11)33(4,5)6)21-22-29-30(38-41(12,13)34(7,8)9)25-27(3)32(29)39-23-18-16-17-20-31(35)36/h21-22,26,28-30H,14-20,23-25H2,1-13H3,(H,35,36)/t26-,28-,29+,30-/m1/s1. The molecule has 0 aromatic heterocycles. The highest BCUT2D eigenvalue weighted by Crippen LogP contribution is 2.46. The molecule has 4 atom stereocenters. The normalized spacial score (nSPS) is 20.7. The van der Waals surface area contributed by atoms with Gasteiger partial charge in [-0.25, -0.2) is 0 Å². The van der Waals surface area contributed by atoms with Gasteiger partial charge in [-0.15, -0.1) is 11.8 Å². The molecule has 0 unspecified atom stereocenters. The van der Waals surface area contributed by atoms with Crippen molar-refractivity contribution in [3.63, 3.8) is 0 Å². The Morgan fingerprint density at radius 1 is 1.02 bits per heavy atom. The number of unbranched alkanes of at least 4 members (excludes halogenated alkanes) is 3. The van der Waals surface area contributed by atoms with Crippen LogP contribution in [-0.2, 0) is 13.6 Å². The van der Waals surface area contributed by atoms with Crippen LogP contribution in [0.25, 0.3) is 0 Å². The Morgan fingerprint density at radius 3 is 2.17 bits per heavy atom. The fourth-order valence-corrected chi connectivity index (χ4v) is 8.80. The van der Waals surface area contributed by atoms with Crippen molar-refractivity contribution in [1.29, 1.82) is 0 Å². The van der Waals surface area contributed by atoms with E-state index in [0.29, 0.717) is 5.92 Å². The molecule has 0 aliphatic heterocycles. The van der Waals surface area contributed by atoms with Crippen LogP contribution in [0.3, 0.4) is 0 Å². The maximum atomic E-state index is 10.9. The van der Waals surface area contributed by atoms with Gasteiger partial charge in [-0.1, -0.05) is 98.8 Å². The number of aliphatic carboxylic acids is 1. The molecule has 0 aromatic carbocycles. The lowest BCUT2D eigenvalue weighted by molar-refractivity contribution is -0.137. The molecule has 1 aliphatic rings. The van der Waals surface area contributed by atoms with E-state index in [1.54, 1.807) is 0 Å². The summed E-state index contributed by atoms with van der Waals surface area (Å²) in [6.45, 7) is 30.4. The Bertz CT molecular complexity index is 867. The van der Waals surface area contributed by atoms with Crippen molar-refractivity contribution in [2.45, 2.75) is 169 Å². The van der Waals surface area contributed by atoms with E-state index >= 15 is 0 Å². The fourth-order valence-electron chi connectivity index (χ4n) is 4.85. The summed E-state index contributed by atoms with van der Waals surface area (Å²) < 4.78 is 14.2. The van der Waals surface area contributed by atoms with Gasteiger partial charge in [-0.05, 0) is 85.4 Å². The molecule has 0 radical (unpaired) electrons. The second kappa shape index (κ2) is 16.6. The van der Waals surface area contributed by atoms with Gasteiger partial charge in [0.2, 0.25) is 0 Å². The number of rotatable bonds is 18. The van der Waals surface area contributed by atoms with E-state index in [2.05, 4.69) is 101 Å². The van der Waals surface area contributed by atoms with Crippen LogP contribution in [0.15, 0.2) is 22.6 Å². The lowest BCUT2D eigenvalue weighted by atomic mass is 9.96. The minimum absolute atomic E-state index is 0.124. The van der Waals surface area contributed by atoms with Crippen LogP contribution in [0.5, 0.6) is 0 Å². The molecule has 1 N–H and O–H groups in total. The fraction of sp³-hybridized carbons (Fsp3) is 0.853. The molecular weight excluding hydrogens is 561 g/mol. The van der Waals surface area contributed by atoms with Crippen LogP contribution in [0.1, 0.15) is 120 Å². The van der Waals surface area contributed by atoms with Gasteiger partial charge in [0, 0.05) is 12.3 Å². The summed E-state index contributed by atoms with van der Waals surface area (Å²) in [5.41, 5.74) is 1.46. The van der Waals surface area contributed by atoms with E-state index in [0.717, 1.165) is 37.9 Å². The number of carboxylic acid groups (broad SMARTS) is 1. The SMILES string of the molecule is CCCC[C@@H](C)C[C@@H](C=C[C@@H]1C(SCCCCCC(=O)O)=C(C)C[C@H]1O[Si](C)(C)C(C)(C)C)O[Si](C)(C)C(C)(C)C. The van der Waals surface area contributed by atoms with Gasteiger partial charge in [0.25, 0.3) is 0 Å². The second-order valence-corrected chi connectivity index (χ2v) is 26.3. The van der Waals surface area contributed by atoms with E-state index in [9.17, 15) is 4.79 Å². The van der Waals surface area contributed by atoms with E-state index in [1.165, 1.54) is 29.7 Å². The predicted molar refractivity (Wildman–Crippen MR) is 186 cm³/mol. The number of carboxylic acids is 1. The molecule has 7 heteroatoms. The van der Waals surface area contributed by atoms with Crippen molar-refractivity contribution < 1.29 is 18.8 Å². The summed E-state index contributed by atoms with van der Waals surface area (Å²) in [5.74, 6) is 1.22. The van der Waals surface area contributed by atoms with Crippen molar-refractivity contribution in [2.75, 3.05) is 5.75 Å². The van der Waals surface area contributed by atoms with E-state index in [4.69, 9.17) is 14.0 Å². The zero-order valence-electron chi connectivity index (χ0n) is 29.1. The van der Waals surface area contributed by atoms with Crippen LogP contribution >= 0.6 is 11.8 Å². The molecule has 0 spiro atoms. The molecule has 0 saturated heterocycles. The third-order valence-corrected chi connectivity index (χ3v) is 20.1. The Morgan fingerprint density at radius 2 is 1.63 bits per heavy atom.